The number of ether oxygens (including phenoxy) is 4. The average Bonchev–Trinajstić information content (AvgIpc) is 3.00. The van der Waals surface area contributed by atoms with E-state index in [-0.39, 0.29) is 18.1 Å². The highest BCUT2D eigenvalue weighted by atomic mass is 16.7. The molecular weight excluding hydrogens is 308 g/mol. The number of esters is 1. The molecule has 1 aromatic rings. The van der Waals surface area contributed by atoms with E-state index in [9.17, 15) is 20.1 Å². The lowest BCUT2D eigenvalue weighted by Crippen LogP contribution is -2.51. The predicted octanol–water partition coefficient (Wildman–Crippen LogP) is -0.557. The molecule has 1 aliphatic carbocycles. The van der Waals surface area contributed by atoms with Gasteiger partial charge >= 0.3 is 5.97 Å². The van der Waals surface area contributed by atoms with Gasteiger partial charge in [0, 0.05) is 11.1 Å². The van der Waals surface area contributed by atoms with Crippen LogP contribution in [0, 0.1) is 0 Å². The molecule has 0 unspecified atom stereocenters. The van der Waals surface area contributed by atoms with Crippen LogP contribution in [0.3, 0.4) is 0 Å². The molecule has 0 fully saturated rings. The van der Waals surface area contributed by atoms with Crippen LogP contribution in [0.15, 0.2) is 12.1 Å². The molecule has 1 aromatic carbocycles. The SMILES string of the molecule is COc1c2c(cc3c1C(=O)O[C@@H]1C3=C[C@H](O)[C@@H](O)[C@H]1O)OCO2. The summed E-state index contributed by atoms with van der Waals surface area (Å²) in [5.74, 6) is 0.165. The van der Waals surface area contributed by atoms with E-state index in [1.807, 2.05) is 0 Å². The van der Waals surface area contributed by atoms with Crippen molar-refractivity contribution in [2.75, 3.05) is 13.9 Å². The minimum atomic E-state index is -1.44. The summed E-state index contributed by atoms with van der Waals surface area (Å²) in [6.07, 6.45) is -3.86. The molecular formula is C15H14O8. The van der Waals surface area contributed by atoms with Gasteiger partial charge in [0.15, 0.2) is 17.6 Å². The topological polar surface area (TPSA) is 115 Å². The lowest BCUT2D eigenvalue weighted by atomic mass is 9.82. The third-order valence-electron chi connectivity index (χ3n) is 4.24. The van der Waals surface area contributed by atoms with E-state index in [1.165, 1.54) is 13.2 Å². The Bertz CT molecular complexity index is 725. The van der Waals surface area contributed by atoms with Crippen LogP contribution in [0.5, 0.6) is 17.2 Å². The van der Waals surface area contributed by atoms with Gasteiger partial charge in [-0.05, 0) is 12.1 Å². The van der Waals surface area contributed by atoms with Gasteiger partial charge in [0.1, 0.15) is 23.9 Å². The summed E-state index contributed by atoms with van der Waals surface area (Å²) in [5.41, 5.74) is 0.939. The van der Waals surface area contributed by atoms with Gasteiger partial charge in [0.2, 0.25) is 12.5 Å². The van der Waals surface area contributed by atoms with Crippen LogP contribution in [0.2, 0.25) is 0 Å². The summed E-state index contributed by atoms with van der Waals surface area (Å²) in [4.78, 5) is 12.4. The van der Waals surface area contributed by atoms with E-state index in [0.29, 0.717) is 22.6 Å². The number of methoxy groups -OCH3 is 1. The second-order valence-electron chi connectivity index (χ2n) is 5.49. The second kappa shape index (κ2) is 4.85. The zero-order chi connectivity index (χ0) is 16.3. The fourth-order valence-corrected chi connectivity index (χ4v) is 3.13. The van der Waals surface area contributed by atoms with Crippen molar-refractivity contribution in [3.05, 3.63) is 23.3 Å². The molecule has 0 aromatic heterocycles. The highest BCUT2D eigenvalue weighted by Gasteiger charge is 2.46. The maximum atomic E-state index is 12.4. The molecule has 8 nitrogen and oxygen atoms in total. The summed E-state index contributed by atoms with van der Waals surface area (Å²) in [7, 11) is 1.39. The Morgan fingerprint density at radius 2 is 2.00 bits per heavy atom. The minimum absolute atomic E-state index is 0.00389. The lowest BCUT2D eigenvalue weighted by molar-refractivity contribution is -0.0911. The summed E-state index contributed by atoms with van der Waals surface area (Å²) < 4.78 is 21.2. The van der Waals surface area contributed by atoms with Crippen LogP contribution < -0.4 is 14.2 Å². The first-order chi connectivity index (χ1) is 11.0. The van der Waals surface area contributed by atoms with Gasteiger partial charge in [-0.1, -0.05) is 0 Å². The van der Waals surface area contributed by atoms with Crippen molar-refractivity contribution < 1.29 is 39.1 Å². The standard InChI is InChI=1S/C15H14O8/c1-20-14-9-5(3-8-13(14)22-4-21-8)6-2-7(16)10(17)11(18)12(6)23-15(9)19/h2-3,7,10-12,16-18H,4H2,1H3/t7-,10+,11+,12+/m0/s1. The smallest absolute Gasteiger partial charge is 0.343 e. The first kappa shape index (κ1) is 14.3. The Labute approximate surface area is 130 Å². The van der Waals surface area contributed by atoms with Gasteiger partial charge in [-0.25, -0.2) is 4.79 Å². The number of hydrogen-bond donors (Lipinski definition) is 3. The molecule has 0 saturated carbocycles. The Balaban J connectivity index is 1.97. The normalized spacial score (nSPS) is 31.0. The van der Waals surface area contributed by atoms with E-state index < -0.39 is 30.4 Å². The first-order valence-electron chi connectivity index (χ1n) is 7.00. The van der Waals surface area contributed by atoms with Crippen LogP contribution in [0.1, 0.15) is 15.9 Å². The van der Waals surface area contributed by atoms with Gasteiger partial charge in [-0.2, -0.15) is 0 Å². The van der Waals surface area contributed by atoms with Gasteiger partial charge in [0.05, 0.1) is 7.11 Å². The molecule has 2 aliphatic heterocycles. The highest BCUT2D eigenvalue weighted by molar-refractivity contribution is 6.04. The van der Waals surface area contributed by atoms with Crippen LogP contribution in [-0.4, -0.2) is 59.6 Å². The summed E-state index contributed by atoms with van der Waals surface area (Å²) in [5, 5.41) is 29.7. The Hall–Kier alpha value is -2.29. The zero-order valence-electron chi connectivity index (χ0n) is 12.1. The Kier molecular flexibility index (Phi) is 3.02. The molecule has 23 heavy (non-hydrogen) atoms. The lowest BCUT2D eigenvalue weighted by Gasteiger charge is -2.38. The van der Waals surface area contributed by atoms with Crippen molar-refractivity contribution in [3.8, 4) is 17.2 Å². The zero-order valence-corrected chi connectivity index (χ0v) is 12.1. The van der Waals surface area contributed by atoms with Crippen LogP contribution in [0.25, 0.3) is 5.57 Å². The Morgan fingerprint density at radius 3 is 2.74 bits per heavy atom. The van der Waals surface area contributed by atoms with E-state index in [2.05, 4.69) is 0 Å². The number of benzene rings is 1. The first-order valence-corrected chi connectivity index (χ1v) is 7.00. The van der Waals surface area contributed by atoms with Crippen molar-refractivity contribution in [2.24, 2.45) is 0 Å². The molecule has 4 rings (SSSR count). The van der Waals surface area contributed by atoms with Crippen LogP contribution >= 0.6 is 0 Å². The molecule has 2 heterocycles. The summed E-state index contributed by atoms with van der Waals surface area (Å²) in [6.45, 7) is -0.00389. The van der Waals surface area contributed by atoms with Gasteiger partial charge < -0.3 is 34.3 Å². The number of rotatable bonds is 1. The van der Waals surface area contributed by atoms with Crippen molar-refractivity contribution in [1.82, 2.24) is 0 Å². The molecule has 0 spiro atoms. The number of fused-ring (bicyclic) bond motifs is 4. The fraction of sp³-hybridized carbons (Fsp3) is 0.400. The van der Waals surface area contributed by atoms with Crippen molar-refractivity contribution >= 4 is 11.5 Å². The number of hydrogen-bond acceptors (Lipinski definition) is 8. The molecule has 4 atom stereocenters. The number of aliphatic hydroxyl groups excluding tert-OH is 3. The monoisotopic (exact) mass is 322 g/mol. The Morgan fingerprint density at radius 1 is 1.22 bits per heavy atom. The molecule has 122 valence electrons. The van der Waals surface area contributed by atoms with Crippen molar-refractivity contribution in [3.63, 3.8) is 0 Å². The van der Waals surface area contributed by atoms with E-state index >= 15 is 0 Å². The number of carbonyl (C=O) groups excluding carboxylic acids is 1. The van der Waals surface area contributed by atoms with Gasteiger partial charge in [0.25, 0.3) is 0 Å². The minimum Gasteiger partial charge on any atom is -0.492 e. The number of aliphatic hydroxyl groups is 3. The third kappa shape index (κ3) is 1.86. The molecule has 8 heteroatoms. The third-order valence-corrected chi connectivity index (χ3v) is 4.24. The van der Waals surface area contributed by atoms with Gasteiger partial charge in [-0.15, -0.1) is 0 Å². The van der Waals surface area contributed by atoms with E-state index in [4.69, 9.17) is 18.9 Å². The maximum Gasteiger partial charge on any atom is 0.343 e. The molecule has 3 N–H and O–H groups in total. The molecule has 0 amide bonds. The number of carbonyl (C=O) groups is 1. The molecule has 0 radical (unpaired) electrons. The van der Waals surface area contributed by atoms with Gasteiger partial charge in [-0.3, -0.25) is 0 Å². The van der Waals surface area contributed by atoms with Crippen molar-refractivity contribution in [2.45, 2.75) is 24.4 Å². The average molecular weight is 322 g/mol. The van der Waals surface area contributed by atoms with Crippen LogP contribution in [-0.2, 0) is 4.74 Å². The highest BCUT2D eigenvalue weighted by Crippen LogP contribution is 2.50. The van der Waals surface area contributed by atoms with Crippen molar-refractivity contribution in [1.29, 1.82) is 0 Å². The molecule has 3 aliphatic rings. The van der Waals surface area contributed by atoms with E-state index in [0.717, 1.165) is 0 Å². The molecule has 0 saturated heterocycles. The predicted molar refractivity (Wildman–Crippen MR) is 74.3 cm³/mol. The summed E-state index contributed by atoms with van der Waals surface area (Å²) in [6, 6.07) is 1.58. The fourth-order valence-electron chi connectivity index (χ4n) is 3.13. The largest absolute Gasteiger partial charge is 0.492 e. The summed E-state index contributed by atoms with van der Waals surface area (Å²) >= 11 is 0. The second-order valence-corrected chi connectivity index (χ2v) is 5.49. The van der Waals surface area contributed by atoms with Crippen LogP contribution in [0.4, 0.5) is 0 Å². The quantitative estimate of drug-likeness (QED) is 0.590. The van der Waals surface area contributed by atoms with E-state index in [1.54, 1.807) is 6.07 Å². The molecule has 0 bridgehead atoms. The maximum absolute atomic E-state index is 12.4.